The number of sulfone groups is 1. The van der Waals surface area contributed by atoms with Gasteiger partial charge in [0.25, 0.3) is 0 Å². The largest absolute Gasteiger partial charge is 0.480 e. The Kier molecular flexibility index (Phi) is 4.55. The molecule has 1 heterocycles. The molecule has 1 fully saturated rings. The Bertz CT molecular complexity index is 379. The van der Waals surface area contributed by atoms with Crippen LogP contribution in [0.25, 0.3) is 0 Å². The maximum Gasteiger partial charge on any atom is 0.323 e. The van der Waals surface area contributed by atoms with E-state index in [1.165, 1.54) is 0 Å². The Morgan fingerprint density at radius 2 is 2.12 bits per heavy atom. The normalized spacial score (nSPS) is 26.2. The van der Waals surface area contributed by atoms with Gasteiger partial charge in [-0.2, -0.15) is 0 Å². The molecule has 6 heteroatoms. The van der Waals surface area contributed by atoms with Gasteiger partial charge in [-0.1, -0.05) is 6.92 Å². The first-order valence-electron chi connectivity index (χ1n) is 6.01. The number of rotatable bonds is 6. The third-order valence-corrected chi connectivity index (χ3v) is 5.36. The van der Waals surface area contributed by atoms with E-state index >= 15 is 0 Å². The predicted octanol–water partition coefficient (Wildman–Crippen LogP) is 0.750. The maximum absolute atomic E-state index is 11.3. The van der Waals surface area contributed by atoms with Gasteiger partial charge in [0.15, 0.2) is 0 Å². The van der Waals surface area contributed by atoms with E-state index in [-0.39, 0.29) is 11.5 Å². The highest BCUT2D eigenvalue weighted by Gasteiger charge is 2.42. The molecule has 1 unspecified atom stereocenters. The van der Waals surface area contributed by atoms with Crippen LogP contribution >= 0.6 is 0 Å². The number of nitrogens with zero attached hydrogens (tertiary/aromatic N) is 1. The zero-order chi connectivity index (χ0) is 13.1. The summed E-state index contributed by atoms with van der Waals surface area (Å²) in [4.78, 5) is 13.1. The van der Waals surface area contributed by atoms with Crippen molar-refractivity contribution in [3.05, 3.63) is 0 Å². The van der Waals surface area contributed by atoms with Crippen molar-refractivity contribution >= 4 is 15.8 Å². The zero-order valence-corrected chi connectivity index (χ0v) is 11.3. The minimum absolute atomic E-state index is 0.149. The summed E-state index contributed by atoms with van der Waals surface area (Å²) in [5.41, 5.74) is -0.810. The second-order valence-electron chi connectivity index (χ2n) is 4.76. The van der Waals surface area contributed by atoms with E-state index < -0.39 is 21.3 Å². The highest BCUT2D eigenvalue weighted by Crippen LogP contribution is 2.29. The average molecular weight is 263 g/mol. The van der Waals surface area contributed by atoms with Crippen LogP contribution in [0.4, 0.5) is 0 Å². The summed E-state index contributed by atoms with van der Waals surface area (Å²) in [7, 11) is -2.94. The third kappa shape index (κ3) is 3.42. The Hall–Kier alpha value is -0.620. The first-order chi connectivity index (χ1) is 7.82. The minimum atomic E-state index is -2.94. The summed E-state index contributed by atoms with van der Waals surface area (Å²) in [5, 5.41) is 9.19. The van der Waals surface area contributed by atoms with Crippen LogP contribution < -0.4 is 0 Å². The van der Waals surface area contributed by atoms with Crippen molar-refractivity contribution in [3.63, 3.8) is 0 Å². The van der Waals surface area contributed by atoms with Crippen molar-refractivity contribution in [1.82, 2.24) is 4.90 Å². The lowest BCUT2D eigenvalue weighted by molar-refractivity contribution is -0.148. The SMILES string of the molecule is CCS(=O)(=O)CCCN1CCCC1(C)C(=O)O. The van der Waals surface area contributed by atoms with Gasteiger partial charge < -0.3 is 5.11 Å². The highest BCUT2D eigenvalue weighted by atomic mass is 32.2. The molecule has 1 aliphatic heterocycles. The molecular weight excluding hydrogens is 242 g/mol. The standard InChI is InChI=1S/C11H21NO4S/c1-3-17(15,16)9-5-8-12-7-4-6-11(12,2)10(13)14/h3-9H2,1-2H3,(H,13,14). The zero-order valence-electron chi connectivity index (χ0n) is 10.5. The molecule has 17 heavy (non-hydrogen) atoms. The quantitative estimate of drug-likeness (QED) is 0.765. The lowest BCUT2D eigenvalue weighted by atomic mass is 9.99. The second kappa shape index (κ2) is 5.35. The van der Waals surface area contributed by atoms with Gasteiger partial charge >= 0.3 is 5.97 Å². The predicted molar refractivity (Wildman–Crippen MR) is 65.8 cm³/mol. The summed E-state index contributed by atoms with van der Waals surface area (Å²) >= 11 is 0. The molecule has 1 rings (SSSR count). The maximum atomic E-state index is 11.3. The number of carbonyl (C=O) groups is 1. The van der Waals surface area contributed by atoms with Gasteiger partial charge in [-0.05, 0) is 32.7 Å². The van der Waals surface area contributed by atoms with Gasteiger partial charge in [0.2, 0.25) is 0 Å². The van der Waals surface area contributed by atoms with Crippen LogP contribution in [0.3, 0.4) is 0 Å². The van der Waals surface area contributed by atoms with Crippen LogP contribution in [0.2, 0.25) is 0 Å². The van der Waals surface area contributed by atoms with Crippen LogP contribution in [-0.4, -0.2) is 54.5 Å². The van der Waals surface area contributed by atoms with Crippen molar-refractivity contribution in [3.8, 4) is 0 Å². The molecule has 1 atom stereocenters. The number of carboxylic acids is 1. The summed E-state index contributed by atoms with van der Waals surface area (Å²) < 4.78 is 22.7. The number of hydrogen-bond acceptors (Lipinski definition) is 4. The van der Waals surface area contributed by atoms with Crippen molar-refractivity contribution < 1.29 is 18.3 Å². The van der Waals surface area contributed by atoms with Crippen LogP contribution in [0.5, 0.6) is 0 Å². The van der Waals surface area contributed by atoms with E-state index in [0.717, 1.165) is 13.0 Å². The van der Waals surface area contributed by atoms with Crippen molar-refractivity contribution in [2.75, 3.05) is 24.6 Å². The Balaban J connectivity index is 2.50. The average Bonchev–Trinajstić information content (AvgIpc) is 2.62. The van der Waals surface area contributed by atoms with E-state index in [1.807, 2.05) is 4.90 Å². The van der Waals surface area contributed by atoms with Gasteiger partial charge in [-0.15, -0.1) is 0 Å². The Morgan fingerprint density at radius 1 is 1.47 bits per heavy atom. The van der Waals surface area contributed by atoms with E-state index in [0.29, 0.717) is 19.4 Å². The van der Waals surface area contributed by atoms with Crippen LogP contribution in [0.15, 0.2) is 0 Å². The van der Waals surface area contributed by atoms with Gasteiger partial charge in [-0.25, -0.2) is 8.42 Å². The number of likely N-dealkylation sites (tertiary alicyclic amines) is 1. The Morgan fingerprint density at radius 3 is 2.65 bits per heavy atom. The lowest BCUT2D eigenvalue weighted by Gasteiger charge is -2.30. The van der Waals surface area contributed by atoms with Crippen molar-refractivity contribution in [2.24, 2.45) is 0 Å². The van der Waals surface area contributed by atoms with Gasteiger partial charge in [0.1, 0.15) is 15.4 Å². The molecule has 0 bridgehead atoms. The molecule has 1 aliphatic rings. The molecule has 1 N–H and O–H groups in total. The molecule has 0 saturated carbocycles. The summed E-state index contributed by atoms with van der Waals surface area (Å²) in [6.45, 7) is 4.64. The second-order valence-corrected chi connectivity index (χ2v) is 7.23. The van der Waals surface area contributed by atoms with Crippen molar-refractivity contribution in [1.29, 1.82) is 0 Å². The topological polar surface area (TPSA) is 74.7 Å². The molecule has 0 amide bonds. The van der Waals surface area contributed by atoms with E-state index in [4.69, 9.17) is 0 Å². The number of hydrogen-bond donors (Lipinski definition) is 1. The fourth-order valence-electron chi connectivity index (χ4n) is 2.24. The van der Waals surface area contributed by atoms with Gasteiger partial charge in [-0.3, -0.25) is 9.69 Å². The highest BCUT2D eigenvalue weighted by molar-refractivity contribution is 7.91. The molecular formula is C11H21NO4S. The Labute approximate surface area is 103 Å². The molecule has 5 nitrogen and oxygen atoms in total. The minimum Gasteiger partial charge on any atom is -0.480 e. The number of aliphatic carboxylic acids is 1. The first kappa shape index (κ1) is 14.4. The lowest BCUT2D eigenvalue weighted by Crippen LogP contribution is -2.48. The summed E-state index contributed by atoms with van der Waals surface area (Å²) in [5.74, 6) is -0.507. The molecule has 0 aromatic rings. The van der Waals surface area contributed by atoms with E-state index in [9.17, 15) is 18.3 Å². The smallest absolute Gasteiger partial charge is 0.323 e. The summed E-state index contributed by atoms with van der Waals surface area (Å²) in [6, 6.07) is 0. The molecule has 0 aromatic carbocycles. The molecule has 0 aliphatic carbocycles. The molecule has 0 aromatic heterocycles. The monoisotopic (exact) mass is 263 g/mol. The molecule has 0 spiro atoms. The fourth-order valence-corrected chi connectivity index (χ4v) is 3.10. The molecule has 1 saturated heterocycles. The molecule has 0 radical (unpaired) electrons. The van der Waals surface area contributed by atoms with Crippen LogP contribution in [-0.2, 0) is 14.6 Å². The third-order valence-electron chi connectivity index (χ3n) is 3.57. The van der Waals surface area contributed by atoms with Crippen LogP contribution in [0.1, 0.15) is 33.1 Å². The van der Waals surface area contributed by atoms with Crippen LogP contribution in [0, 0.1) is 0 Å². The van der Waals surface area contributed by atoms with E-state index in [1.54, 1.807) is 13.8 Å². The summed E-state index contributed by atoms with van der Waals surface area (Å²) in [6.07, 6.45) is 2.02. The number of carboxylic acid groups (broad SMARTS) is 1. The van der Waals surface area contributed by atoms with Crippen molar-refractivity contribution in [2.45, 2.75) is 38.6 Å². The van der Waals surface area contributed by atoms with E-state index in [2.05, 4.69) is 0 Å². The fraction of sp³-hybridized carbons (Fsp3) is 0.909. The first-order valence-corrected chi connectivity index (χ1v) is 7.83. The molecule has 100 valence electrons. The van der Waals surface area contributed by atoms with Gasteiger partial charge in [0.05, 0.1) is 5.75 Å². The van der Waals surface area contributed by atoms with Gasteiger partial charge in [0, 0.05) is 12.3 Å².